The average molecular weight is 315 g/mol. The van der Waals surface area contributed by atoms with Crippen LogP contribution in [0, 0.1) is 0 Å². The lowest BCUT2D eigenvalue weighted by molar-refractivity contribution is 0.0613. The number of rotatable bonds is 2. The first kappa shape index (κ1) is 10.6. The number of fused-ring (bicyclic) bond motifs is 1. The average Bonchev–Trinajstić information content (AvgIpc) is 2.52. The number of alkyl halides is 1. The van der Waals surface area contributed by atoms with Crippen LogP contribution in [0.5, 0.6) is 0 Å². The molecule has 2 rings (SSSR count). The summed E-state index contributed by atoms with van der Waals surface area (Å²) in [5.74, 6) is -0.334. The number of benzene rings is 1. The monoisotopic (exact) mass is 315 g/mol. The van der Waals surface area contributed by atoms with E-state index in [1.54, 1.807) is 24.3 Å². The van der Waals surface area contributed by atoms with Gasteiger partial charge < -0.3 is 0 Å². The Balaban J connectivity index is 2.45. The van der Waals surface area contributed by atoms with E-state index in [0.717, 1.165) is 4.43 Å². The second-order valence-electron chi connectivity index (χ2n) is 3.53. The second-order valence-corrected chi connectivity index (χ2v) is 4.41. The van der Waals surface area contributed by atoms with Crippen LogP contribution in [0.15, 0.2) is 24.3 Å². The number of hydrogen-bond donors (Lipinski definition) is 0. The lowest BCUT2D eigenvalue weighted by atomic mass is 10.1. The van der Waals surface area contributed by atoms with Crippen molar-refractivity contribution in [1.82, 2.24) is 4.90 Å². The van der Waals surface area contributed by atoms with Gasteiger partial charge in [-0.25, -0.2) is 0 Å². The third-order valence-electron chi connectivity index (χ3n) is 2.49. The van der Waals surface area contributed by atoms with Crippen LogP contribution in [0.25, 0.3) is 0 Å². The van der Waals surface area contributed by atoms with Crippen LogP contribution in [-0.2, 0) is 0 Å². The van der Waals surface area contributed by atoms with Crippen molar-refractivity contribution < 1.29 is 9.59 Å². The van der Waals surface area contributed by atoms with Gasteiger partial charge in [0.2, 0.25) is 0 Å². The molecule has 0 spiro atoms. The van der Waals surface area contributed by atoms with Gasteiger partial charge in [0, 0.05) is 10.5 Å². The number of carbonyl (C=O) groups excluding carboxylic acids is 2. The molecule has 1 heterocycles. The van der Waals surface area contributed by atoms with Crippen LogP contribution in [0.1, 0.15) is 27.6 Å². The van der Waals surface area contributed by atoms with Gasteiger partial charge in [0.15, 0.2) is 0 Å². The van der Waals surface area contributed by atoms with Crippen molar-refractivity contribution in [2.75, 3.05) is 4.43 Å². The summed E-state index contributed by atoms with van der Waals surface area (Å²) in [4.78, 5) is 25.2. The Kier molecular flexibility index (Phi) is 2.77. The molecule has 78 valence electrons. The molecule has 1 aromatic rings. The minimum absolute atomic E-state index is 0.0435. The van der Waals surface area contributed by atoms with Gasteiger partial charge in [0.1, 0.15) is 0 Å². The summed E-state index contributed by atoms with van der Waals surface area (Å²) in [5.41, 5.74) is 1.05. The first-order chi connectivity index (χ1) is 7.16. The van der Waals surface area contributed by atoms with Crippen molar-refractivity contribution in [3.63, 3.8) is 0 Å². The van der Waals surface area contributed by atoms with Crippen molar-refractivity contribution in [3.8, 4) is 0 Å². The van der Waals surface area contributed by atoms with E-state index in [2.05, 4.69) is 22.6 Å². The SMILES string of the molecule is C[C@@H](CI)N1C(=O)c2ccccc2C1=O. The molecular weight excluding hydrogens is 305 g/mol. The molecule has 0 fully saturated rings. The topological polar surface area (TPSA) is 37.4 Å². The Morgan fingerprint density at radius 3 is 2.07 bits per heavy atom. The third-order valence-corrected chi connectivity index (χ3v) is 3.76. The lowest BCUT2D eigenvalue weighted by Gasteiger charge is -2.19. The fourth-order valence-electron chi connectivity index (χ4n) is 1.68. The van der Waals surface area contributed by atoms with Gasteiger partial charge in [0.25, 0.3) is 11.8 Å². The summed E-state index contributed by atoms with van der Waals surface area (Å²) in [7, 11) is 0. The van der Waals surface area contributed by atoms with Crippen LogP contribution >= 0.6 is 22.6 Å². The third kappa shape index (κ3) is 1.56. The minimum atomic E-state index is -0.167. The molecule has 0 saturated carbocycles. The Bertz CT molecular complexity index is 395. The number of hydrogen-bond acceptors (Lipinski definition) is 2. The van der Waals surface area contributed by atoms with Crippen molar-refractivity contribution in [2.45, 2.75) is 13.0 Å². The molecule has 1 aliphatic heterocycles. The van der Waals surface area contributed by atoms with E-state index in [0.29, 0.717) is 11.1 Å². The van der Waals surface area contributed by atoms with Gasteiger partial charge >= 0.3 is 0 Å². The standard InChI is InChI=1S/C11H10INO2/c1-7(6-12)13-10(14)8-4-2-3-5-9(8)11(13)15/h2-5,7H,6H2,1H3/t7-/m0/s1. The number of carbonyl (C=O) groups is 2. The summed E-state index contributed by atoms with van der Waals surface area (Å²) in [6.45, 7) is 1.88. The molecule has 0 aromatic heterocycles. The maximum Gasteiger partial charge on any atom is 0.261 e. The zero-order valence-corrected chi connectivity index (χ0v) is 10.4. The zero-order chi connectivity index (χ0) is 11.0. The highest BCUT2D eigenvalue weighted by Crippen LogP contribution is 2.24. The molecule has 1 atom stereocenters. The molecule has 2 amide bonds. The maximum absolute atomic E-state index is 11.9. The van der Waals surface area contributed by atoms with E-state index in [9.17, 15) is 9.59 Å². The maximum atomic E-state index is 11.9. The van der Waals surface area contributed by atoms with Crippen LogP contribution in [0.2, 0.25) is 0 Å². The number of imide groups is 1. The van der Waals surface area contributed by atoms with Crippen molar-refractivity contribution in [3.05, 3.63) is 35.4 Å². The van der Waals surface area contributed by atoms with E-state index in [1.807, 2.05) is 6.92 Å². The summed E-state index contributed by atoms with van der Waals surface area (Å²) in [5, 5.41) is 0. The van der Waals surface area contributed by atoms with Crippen LogP contribution in [0.3, 0.4) is 0 Å². The van der Waals surface area contributed by atoms with Crippen LogP contribution in [0.4, 0.5) is 0 Å². The summed E-state index contributed by atoms with van der Waals surface area (Å²) in [6.07, 6.45) is 0. The summed E-state index contributed by atoms with van der Waals surface area (Å²) in [6, 6.07) is 6.92. The molecule has 1 aromatic carbocycles. The smallest absolute Gasteiger partial charge is 0.261 e. The van der Waals surface area contributed by atoms with E-state index in [4.69, 9.17) is 0 Å². The molecule has 0 aliphatic carbocycles. The van der Waals surface area contributed by atoms with E-state index in [1.165, 1.54) is 4.90 Å². The molecule has 0 unspecified atom stereocenters. The Morgan fingerprint density at radius 2 is 1.67 bits per heavy atom. The molecular formula is C11H10INO2. The molecule has 0 bridgehead atoms. The van der Waals surface area contributed by atoms with Crippen LogP contribution in [-0.4, -0.2) is 27.2 Å². The quantitative estimate of drug-likeness (QED) is 0.476. The van der Waals surface area contributed by atoms with Gasteiger partial charge in [-0.1, -0.05) is 34.7 Å². The number of nitrogens with zero attached hydrogens (tertiary/aromatic N) is 1. The molecule has 4 heteroatoms. The lowest BCUT2D eigenvalue weighted by Crippen LogP contribution is -2.38. The fraction of sp³-hybridized carbons (Fsp3) is 0.273. The molecule has 0 radical (unpaired) electrons. The van der Waals surface area contributed by atoms with Gasteiger partial charge in [-0.15, -0.1) is 0 Å². The normalized spacial score (nSPS) is 16.8. The largest absolute Gasteiger partial charge is 0.271 e. The predicted molar refractivity (Wildman–Crippen MR) is 65.3 cm³/mol. The molecule has 0 saturated heterocycles. The highest BCUT2D eigenvalue weighted by Gasteiger charge is 2.37. The van der Waals surface area contributed by atoms with Crippen molar-refractivity contribution >= 4 is 34.4 Å². The number of halogens is 1. The highest BCUT2D eigenvalue weighted by molar-refractivity contribution is 14.1. The van der Waals surface area contributed by atoms with E-state index in [-0.39, 0.29) is 17.9 Å². The summed E-state index contributed by atoms with van der Waals surface area (Å²) < 4.78 is 0.753. The Morgan fingerprint density at radius 1 is 1.20 bits per heavy atom. The fourth-order valence-corrected chi connectivity index (χ4v) is 2.07. The van der Waals surface area contributed by atoms with Gasteiger partial charge in [-0.05, 0) is 19.1 Å². The van der Waals surface area contributed by atoms with E-state index >= 15 is 0 Å². The molecule has 3 nitrogen and oxygen atoms in total. The highest BCUT2D eigenvalue weighted by atomic mass is 127. The zero-order valence-electron chi connectivity index (χ0n) is 8.24. The first-order valence-corrected chi connectivity index (χ1v) is 6.22. The van der Waals surface area contributed by atoms with Crippen molar-refractivity contribution in [2.24, 2.45) is 0 Å². The second kappa shape index (κ2) is 3.92. The molecule has 0 N–H and O–H groups in total. The van der Waals surface area contributed by atoms with Gasteiger partial charge in [-0.3, -0.25) is 14.5 Å². The van der Waals surface area contributed by atoms with Gasteiger partial charge in [0.05, 0.1) is 11.1 Å². The minimum Gasteiger partial charge on any atom is -0.271 e. The predicted octanol–water partition coefficient (Wildman–Crippen LogP) is 2.11. The van der Waals surface area contributed by atoms with E-state index < -0.39 is 0 Å². The summed E-state index contributed by atoms with van der Waals surface area (Å²) >= 11 is 2.18. The first-order valence-electron chi connectivity index (χ1n) is 4.69. The Hall–Kier alpha value is -0.910. The number of amides is 2. The molecule has 1 aliphatic rings. The molecule has 15 heavy (non-hydrogen) atoms. The van der Waals surface area contributed by atoms with Crippen molar-refractivity contribution in [1.29, 1.82) is 0 Å². The van der Waals surface area contributed by atoms with Crippen LogP contribution < -0.4 is 0 Å². The Labute approximate surface area is 102 Å². The van der Waals surface area contributed by atoms with Gasteiger partial charge in [-0.2, -0.15) is 0 Å².